The molecule has 4 heteroatoms. The van der Waals surface area contributed by atoms with Crippen molar-refractivity contribution in [2.24, 2.45) is 5.92 Å². The second-order valence-corrected chi connectivity index (χ2v) is 10.2. The summed E-state index contributed by atoms with van der Waals surface area (Å²) in [7, 11) is 1.83. The molecule has 1 amide bonds. The maximum absolute atomic E-state index is 12.4. The SMILES string of the molecule is CCCCCCCCCCCCC(CCN(C)C(=O)CCCCCCCCCCC)C(=O)O. The van der Waals surface area contributed by atoms with Crippen molar-refractivity contribution >= 4 is 11.9 Å². The van der Waals surface area contributed by atoms with Crippen LogP contribution in [0.3, 0.4) is 0 Å². The van der Waals surface area contributed by atoms with Crippen LogP contribution >= 0.6 is 0 Å². The Morgan fingerprint density at radius 2 is 1.00 bits per heavy atom. The summed E-state index contributed by atoms with van der Waals surface area (Å²) >= 11 is 0. The molecular weight excluding hydrogens is 410 g/mol. The third-order valence-electron chi connectivity index (χ3n) is 6.99. The highest BCUT2D eigenvalue weighted by atomic mass is 16.4. The molecule has 4 nitrogen and oxygen atoms in total. The maximum atomic E-state index is 12.4. The molecule has 0 aromatic rings. The van der Waals surface area contributed by atoms with Crippen LogP contribution in [0, 0.1) is 5.92 Å². The summed E-state index contributed by atoms with van der Waals surface area (Å²) in [6.45, 7) is 5.05. The van der Waals surface area contributed by atoms with Crippen LogP contribution < -0.4 is 0 Å². The highest BCUT2D eigenvalue weighted by molar-refractivity contribution is 5.76. The second kappa shape index (κ2) is 24.1. The molecule has 0 spiro atoms. The van der Waals surface area contributed by atoms with Gasteiger partial charge in [-0.1, -0.05) is 129 Å². The minimum atomic E-state index is -0.703. The number of hydrogen-bond donors (Lipinski definition) is 1. The van der Waals surface area contributed by atoms with Crippen molar-refractivity contribution in [3.05, 3.63) is 0 Å². The van der Waals surface area contributed by atoms with Gasteiger partial charge in [0, 0.05) is 20.0 Å². The number of hydrogen-bond acceptors (Lipinski definition) is 2. The Labute approximate surface area is 206 Å². The van der Waals surface area contributed by atoms with Gasteiger partial charge < -0.3 is 10.0 Å². The van der Waals surface area contributed by atoms with Gasteiger partial charge in [-0.05, 0) is 19.3 Å². The van der Waals surface area contributed by atoms with Crippen LogP contribution in [-0.4, -0.2) is 35.5 Å². The molecule has 1 N–H and O–H groups in total. The summed E-state index contributed by atoms with van der Waals surface area (Å²) in [5.41, 5.74) is 0. The Hall–Kier alpha value is -1.06. The number of carboxylic acid groups (broad SMARTS) is 1. The van der Waals surface area contributed by atoms with Crippen molar-refractivity contribution in [1.29, 1.82) is 0 Å². The van der Waals surface area contributed by atoms with Crippen molar-refractivity contribution in [2.75, 3.05) is 13.6 Å². The van der Waals surface area contributed by atoms with Gasteiger partial charge in [0.05, 0.1) is 5.92 Å². The highest BCUT2D eigenvalue weighted by Crippen LogP contribution is 2.17. The normalized spacial score (nSPS) is 12.1. The quantitative estimate of drug-likeness (QED) is 0.136. The lowest BCUT2D eigenvalue weighted by Crippen LogP contribution is -2.30. The predicted octanol–water partition coefficient (Wildman–Crippen LogP) is 8.77. The van der Waals surface area contributed by atoms with E-state index in [0.29, 0.717) is 19.4 Å². The molecule has 1 atom stereocenters. The van der Waals surface area contributed by atoms with Crippen molar-refractivity contribution in [3.8, 4) is 0 Å². The molecule has 0 aromatic heterocycles. The molecule has 0 saturated carbocycles. The second-order valence-electron chi connectivity index (χ2n) is 10.2. The molecule has 0 aliphatic rings. The lowest BCUT2D eigenvalue weighted by molar-refractivity contribution is -0.143. The first kappa shape index (κ1) is 31.9. The number of nitrogens with zero attached hydrogens (tertiary/aromatic N) is 1. The Morgan fingerprint density at radius 1 is 0.606 bits per heavy atom. The zero-order chi connectivity index (χ0) is 24.6. The van der Waals surface area contributed by atoms with E-state index < -0.39 is 5.97 Å². The van der Waals surface area contributed by atoms with Gasteiger partial charge in [-0.2, -0.15) is 0 Å². The number of amides is 1. The van der Waals surface area contributed by atoms with Crippen molar-refractivity contribution in [3.63, 3.8) is 0 Å². The van der Waals surface area contributed by atoms with Crippen LogP contribution in [0.25, 0.3) is 0 Å². The largest absolute Gasteiger partial charge is 0.481 e. The van der Waals surface area contributed by atoms with Crippen molar-refractivity contribution < 1.29 is 14.7 Å². The molecular formula is C29H57NO3. The Balaban J connectivity index is 3.76. The molecule has 0 fully saturated rings. The van der Waals surface area contributed by atoms with Gasteiger partial charge in [0.15, 0.2) is 0 Å². The van der Waals surface area contributed by atoms with Crippen LogP contribution in [0.5, 0.6) is 0 Å². The summed E-state index contributed by atoms with van der Waals surface area (Å²) < 4.78 is 0. The lowest BCUT2D eigenvalue weighted by atomic mass is 9.96. The third-order valence-corrected chi connectivity index (χ3v) is 6.99. The number of unbranched alkanes of at least 4 members (excludes halogenated alkanes) is 17. The predicted molar refractivity (Wildman–Crippen MR) is 142 cm³/mol. The van der Waals surface area contributed by atoms with Crippen LogP contribution in [0.2, 0.25) is 0 Å². The van der Waals surface area contributed by atoms with E-state index in [9.17, 15) is 14.7 Å². The average Bonchev–Trinajstić information content (AvgIpc) is 2.80. The first-order valence-corrected chi connectivity index (χ1v) is 14.5. The van der Waals surface area contributed by atoms with E-state index in [1.54, 1.807) is 4.90 Å². The Morgan fingerprint density at radius 3 is 1.42 bits per heavy atom. The first-order chi connectivity index (χ1) is 16.0. The fourth-order valence-corrected chi connectivity index (χ4v) is 4.52. The van der Waals surface area contributed by atoms with Crippen LogP contribution in [0.15, 0.2) is 0 Å². The molecule has 0 aromatic carbocycles. The van der Waals surface area contributed by atoms with Crippen LogP contribution in [0.1, 0.15) is 155 Å². The van der Waals surface area contributed by atoms with Gasteiger partial charge in [0.25, 0.3) is 0 Å². The molecule has 1 unspecified atom stereocenters. The zero-order valence-electron chi connectivity index (χ0n) is 22.6. The molecule has 0 aliphatic heterocycles. The topological polar surface area (TPSA) is 57.6 Å². The van der Waals surface area contributed by atoms with Crippen molar-refractivity contribution in [1.82, 2.24) is 4.90 Å². The standard InChI is InChI=1S/C29H57NO3/c1-4-6-8-10-12-14-16-17-19-21-23-27(29(32)33)25-26-30(3)28(31)24-22-20-18-15-13-11-9-7-5-2/h27H,4-26H2,1-3H3,(H,32,33). The monoisotopic (exact) mass is 467 g/mol. The van der Waals surface area contributed by atoms with E-state index in [0.717, 1.165) is 32.1 Å². The number of carboxylic acids is 1. The fraction of sp³-hybridized carbons (Fsp3) is 0.931. The molecule has 33 heavy (non-hydrogen) atoms. The van der Waals surface area contributed by atoms with E-state index >= 15 is 0 Å². The highest BCUT2D eigenvalue weighted by Gasteiger charge is 2.19. The average molecular weight is 468 g/mol. The van der Waals surface area contributed by atoms with Crippen LogP contribution in [0.4, 0.5) is 0 Å². The summed E-state index contributed by atoms with van der Waals surface area (Å²) in [4.78, 5) is 25.7. The number of rotatable bonds is 25. The van der Waals surface area contributed by atoms with Crippen molar-refractivity contribution in [2.45, 2.75) is 155 Å². The van der Waals surface area contributed by atoms with Gasteiger partial charge in [-0.3, -0.25) is 9.59 Å². The maximum Gasteiger partial charge on any atom is 0.306 e. The zero-order valence-corrected chi connectivity index (χ0v) is 22.6. The lowest BCUT2D eigenvalue weighted by Gasteiger charge is -2.20. The third kappa shape index (κ3) is 21.2. The summed E-state index contributed by atoms with van der Waals surface area (Å²) in [6, 6.07) is 0. The summed E-state index contributed by atoms with van der Waals surface area (Å²) in [6.07, 6.45) is 25.9. The molecule has 0 radical (unpaired) electrons. The van der Waals surface area contributed by atoms with Gasteiger partial charge >= 0.3 is 5.97 Å². The van der Waals surface area contributed by atoms with E-state index in [4.69, 9.17) is 0 Å². The van der Waals surface area contributed by atoms with Gasteiger partial charge in [-0.15, -0.1) is 0 Å². The van der Waals surface area contributed by atoms with E-state index in [1.807, 2.05) is 7.05 Å². The Bertz CT molecular complexity index is 452. The van der Waals surface area contributed by atoms with E-state index in [-0.39, 0.29) is 11.8 Å². The first-order valence-electron chi connectivity index (χ1n) is 14.5. The van der Waals surface area contributed by atoms with E-state index in [2.05, 4.69) is 13.8 Å². The van der Waals surface area contributed by atoms with Gasteiger partial charge in [0.2, 0.25) is 5.91 Å². The molecule has 0 aliphatic carbocycles. The fourth-order valence-electron chi connectivity index (χ4n) is 4.52. The molecule has 0 saturated heterocycles. The minimum absolute atomic E-state index is 0.168. The summed E-state index contributed by atoms with van der Waals surface area (Å²) in [5.74, 6) is -0.853. The number of carbonyl (C=O) groups is 2. The smallest absolute Gasteiger partial charge is 0.306 e. The molecule has 196 valence electrons. The van der Waals surface area contributed by atoms with E-state index in [1.165, 1.54) is 96.3 Å². The molecule has 0 heterocycles. The number of carbonyl (C=O) groups excluding carboxylic acids is 1. The minimum Gasteiger partial charge on any atom is -0.481 e. The Kier molecular flexibility index (Phi) is 23.3. The van der Waals surface area contributed by atoms with Gasteiger partial charge in [0.1, 0.15) is 0 Å². The van der Waals surface area contributed by atoms with Gasteiger partial charge in [-0.25, -0.2) is 0 Å². The molecule has 0 bridgehead atoms. The summed E-state index contributed by atoms with van der Waals surface area (Å²) in [5, 5.41) is 9.56. The molecule has 0 rings (SSSR count). The van der Waals surface area contributed by atoms with Crippen LogP contribution in [-0.2, 0) is 9.59 Å². The number of aliphatic carboxylic acids is 1.